The molecule has 1 heterocycles. The van der Waals surface area contributed by atoms with Gasteiger partial charge in [0.15, 0.2) is 0 Å². The Hall–Kier alpha value is -2.61. The van der Waals surface area contributed by atoms with Crippen LogP contribution >= 0.6 is 11.8 Å². The van der Waals surface area contributed by atoms with Crippen molar-refractivity contribution in [2.45, 2.75) is 43.3 Å². The van der Waals surface area contributed by atoms with Crippen molar-refractivity contribution in [3.63, 3.8) is 0 Å². The third kappa shape index (κ3) is 4.27. The van der Waals surface area contributed by atoms with Crippen molar-refractivity contribution >= 4 is 35.2 Å². The normalized spacial score (nSPS) is 20.8. The third-order valence-corrected chi connectivity index (χ3v) is 5.59. The van der Waals surface area contributed by atoms with Crippen molar-refractivity contribution in [1.82, 2.24) is 0 Å². The molecule has 8 heteroatoms. The summed E-state index contributed by atoms with van der Waals surface area (Å²) in [4.78, 5) is 32.5. The number of amidine groups is 1. The number of esters is 1. The van der Waals surface area contributed by atoms with Gasteiger partial charge in [0, 0.05) is 12.2 Å². The highest BCUT2D eigenvalue weighted by Crippen LogP contribution is 2.42. The Balaban J connectivity index is 1.75. The van der Waals surface area contributed by atoms with Gasteiger partial charge in [-0.25, -0.2) is 14.8 Å². The molecule has 1 aromatic rings. The number of aliphatic imine (C=N–C) groups is 2. The Labute approximate surface area is 167 Å². The molecular formula is C20H22N2O5S. The minimum absolute atomic E-state index is 0.0321. The van der Waals surface area contributed by atoms with Gasteiger partial charge in [-0.2, -0.15) is 0 Å². The zero-order valence-corrected chi connectivity index (χ0v) is 17.0. The smallest absolute Gasteiger partial charge is 0.376 e. The van der Waals surface area contributed by atoms with Gasteiger partial charge in [0.1, 0.15) is 16.1 Å². The number of aliphatic carboxylic acids is 1. The summed E-state index contributed by atoms with van der Waals surface area (Å²) in [5.41, 5.74) is 1.28. The number of hydrogen-bond donors (Lipinski definition) is 1. The maximum absolute atomic E-state index is 12.1. The minimum atomic E-state index is -1.16. The molecule has 0 saturated carbocycles. The molecule has 0 saturated heterocycles. The van der Waals surface area contributed by atoms with E-state index in [1.54, 1.807) is 34.0 Å². The van der Waals surface area contributed by atoms with Crippen LogP contribution < -0.4 is 4.74 Å². The molecule has 1 aromatic carbocycles. The van der Waals surface area contributed by atoms with Crippen LogP contribution in [-0.2, 0) is 20.1 Å². The van der Waals surface area contributed by atoms with Crippen molar-refractivity contribution in [1.29, 1.82) is 0 Å². The fourth-order valence-electron chi connectivity index (χ4n) is 2.80. The van der Waals surface area contributed by atoms with Crippen molar-refractivity contribution < 1.29 is 24.2 Å². The van der Waals surface area contributed by atoms with Gasteiger partial charge in [-0.05, 0) is 44.5 Å². The number of carboxylic acid groups (broad SMARTS) is 1. The number of ether oxygens (including phenoxy) is 2. The molecule has 3 rings (SSSR count). The average molecular weight is 402 g/mol. The fourth-order valence-corrected chi connectivity index (χ4v) is 3.97. The van der Waals surface area contributed by atoms with Crippen LogP contribution in [0.15, 0.2) is 46.0 Å². The van der Waals surface area contributed by atoms with Gasteiger partial charge in [-0.1, -0.05) is 12.1 Å². The second kappa shape index (κ2) is 7.43. The van der Waals surface area contributed by atoms with Gasteiger partial charge in [-0.3, -0.25) is 4.79 Å². The number of rotatable bonds is 6. The minimum Gasteiger partial charge on any atom is -0.497 e. The van der Waals surface area contributed by atoms with Gasteiger partial charge in [0.25, 0.3) is 0 Å². The lowest BCUT2D eigenvalue weighted by Gasteiger charge is -2.21. The van der Waals surface area contributed by atoms with Crippen molar-refractivity contribution in [2.24, 2.45) is 9.98 Å². The lowest BCUT2D eigenvalue weighted by Crippen LogP contribution is -2.32. The maximum atomic E-state index is 12.1. The topological polar surface area (TPSA) is 97.6 Å². The summed E-state index contributed by atoms with van der Waals surface area (Å²) >= 11 is 1.30. The highest BCUT2D eigenvalue weighted by atomic mass is 32.2. The molecule has 1 N–H and O–H groups in total. The van der Waals surface area contributed by atoms with E-state index >= 15 is 0 Å². The van der Waals surface area contributed by atoms with Gasteiger partial charge in [-0.15, -0.1) is 11.8 Å². The Morgan fingerprint density at radius 2 is 1.89 bits per heavy atom. The molecule has 0 amide bonds. The van der Waals surface area contributed by atoms with Crippen LogP contribution in [0.2, 0.25) is 0 Å². The van der Waals surface area contributed by atoms with Crippen LogP contribution in [0.5, 0.6) is 5.75 Å². The van der Waals surface area contributed by atoms with E-state index in [4.69, 9.17) is 9.47 Å². The second-order valence-electron chi connectivity index (χ2n) is 7.53. The average Bonchev–Trinajstić information content (AvgIpc) is 3.16. The molecule has 7 nitrogen and oxygen atoms in total. The molecule has 1 aliphatic carbocycles. The molecule has 1 aliphatic heterocycles. The predicted octanol–water partition coefficient (Wildman–Crippen LogP) is 3.23. The molecule has 2 aliphatic rings. The number of nitrogens with zero attached hydrogens (tertiary/aromatic N) is 2. The second-order valence-corrected chi connectivity index (χ2v) is 8.84. The van der Waals surface area contributed by atoms with Crippen molar-refractivity contribution in [3.05, 3.63) is 41.6 Å². The Kier molecular flexibility index (Phi) is 5.34. The maximum Gasteiger partial charge on any atom is 0.376 e. The first-order valence-corrected chi connectivity index (χ1v) is 9.73. The lowest BCUT2D eigenvalue weighted by molar-refractivity contribution is -0.146. The first-order chi connectivity index (χ1) is 13.1. The molecule has 148 valence electrons. The Morgan fingerprint density at radius 1 is 1.21 bits per heavy atom. The van der Waals surface area contributed by atoms with Crippen LogP contribution in [0.4, 0.5) is 0 Å². The van der Waals surface area contributed by atoms with E-state index in [0.717, 1.165) is 11.3 Å². The van der Waals surface area contributed by atoms with Crippen LogP contribution in [0.25, 0.3) is 0 Å². The van der Waals surface area contributed by atoms with Crippen LogP contribution in [0.3, 0.4) is 0 Å². The number of carbonyl (C=O) groups excluding carboxylic acids is 1. The molecule has 0 fully saturated rings. The first kappa shape index (κ1) is 20.1. The number of fused-ring (bicyclic) bond motifs is 1. The summed E-state index contributed by atoms with van der Waals surface area (Å²) in [6.07, 6.45) is 1.76. The number of methoxy groups -OCH3 is 1. The number of allylic oxidation sites excluding steroid dienone is 1. The summed E-state index contributed by atoms with van der Waals surface area (Å²) < 4.78 is 9.26. The summed E-state index contributed by atoms with van der Waals surface area (Å²) in [7, 11) is 1.60. The standard InChI is InChI=1S/C20H22N2O5S/c1-19(2,3)27-17(23)16-21-14-9-20(18(24)25,10-15(14)22-16)28-11-12-5-7-13(26-4)8-6-12/h5-9H,10-11H2,1-4H3,(H,24,25). The van der Waals surface area contributed by atoms with E-state index in [1.165, 1.54) is 11.8 Å². The lowest BCUT2D eigenvalue weighted by atomic mass is 10.1. The fraction of sp³-hybridized carbons (Fsp3) is 0.400. The van der Waals surface area contributed by atoms with E-state index < -0.39 is 22.3 Å². The molecule has 0 aromatic heterocycles. The molecular weight excluding hydrogens is 380 g/mol. The van der Waals surface area contributed by atoms with E-state index in [9.17, 15) is 14.7 Å². The molecule has 1 unspecified atom stereocenters. The van der Waals surface area contributed by atoms with Gasteiger partial charge in [0.2, 0.25) is 5.84 Å². The van der Waals surface area contributed by atoms with Gasteiger partial charge < -0.3 is 14.6 Å². The van der Waals surface area contributed by atoms with Crippen LogP contribution in [0, 0.1) is 0 Å². The quantitative estimate of drug-likeness (QED) is 0.734. The van der Waals surface area contributed by atoms with Crippen molar-refractivity contribution in [3.8, 4) is 5.75 Å². The molecule has 0 bridgehead atoms. The Morgan fingerprint density at radius 3 is 2.43 bits per heavy atom. The summed E-state index contributed by atoms with van der Waals surface area (Å²) in [5.74, 6) is -0.338. The number of carboxylic acids is 1. The Bertz CT molecular complexity index is 896. The van der Waals surface area contributed by atoms with E-state index in [0.29, 0.717) is 17.2 Å². The molecule has 1 atom stereocenters. The predicted molar refractivity (Wildman–Crippen MR) is 108 cm³/mol. The van der Waals surface area contributed by atoms with Gasteiger partial charge >= 0.3 is 11.9 Å². The molecule has 0 spiro atoms. The SMILES string of the molecule is COc1ccc(CSC2(C(=O)O)C=C3N=C(C(=O)OC(C)(C)C)N=C3C2)cc1. The summed E-state index contributed by atoms with van der Waals surface area (Å²) in [6.45, 7) is 5.29. The van der Waals surface area contributed by atoms with Crippen LogP contribution in [0.1, 0.15) is 32.8 Å². The highest BCUT2D eigenvalue weighted by Gasteiger charge is 2.46. The van der Waals surface area contributed by atoms with Crippen molar-refractivity contribution in [2.75, 3.05) is 7.11 Å². The number of benzene rings is 1. The molecule has 28 heavy (non-hydrogen) atoms. The summed E-state index contributed by atoms with van der Waals surface area (Å²) in [6, 6.07) is 7.49. The van der Waals surface area contributed by atoms with E-state index in [-0.39, 0.29) is 12.3 Å². The third-order valence-electron chi connectivity index (χ3n) is 4.16. The highest BCUT2D eigenvalue weighted by molar-refractivity contribution is 8.00. The van der Waals surface area contributed by atoms with Gasteiger partial charge in [0.05, 0.1) is 18.5 Å². The monoisotopic (exact) mass is 402 g/mol. The number of carbonyl (C=O) groups is 2. The van der Waals surface area contributed by atoms with Crippen LogP contribution in [-0.4, -0.2) is 46.1 Å². The first-order valence-electron chi connectivity index (χ1n) is 8.75. The number of hydrogen-bond acceptors (Lipinski definition) is 7. The largest absolute Gasteiger partial charge is 0.497 e. The number of thioether (sulfide) groups is 1. The van der Waals surface area contributed by atoms with E-state index in [2.05, 4.69) is 9.98 Å². The zero-order valence-electron chi connectivity index (χ0n) is 16.2. The summed E-state index contributed by atoms with van der Waals surface area (Å²) in [5, 5.41) is 9.83. The molecule has 0 radical (unpaired) electrons. The van der Waals surface area contributed by atoms with E-state index in [1.807, 2.05) is 24.3 Å². The zero-order chi connectivity index (χ0) is 20.5.